The fourth-order valence-electron chi connectivity index (χ4n) is 1.43. The van der Waals surface area contributed by atoms with E-state index in [0.29, 0.717) is 18.6 Å². The van der Waals surface area contributed by atoms with Crippen LogP contribution in [0.1, 0.15) is 12.0 Å². The van der Waals surface area contributed by atoms with Gasteiger partial charge in [-0.2, -0.15) is 0 Å². The van der Waals surface area contributed by atoms with Crippen LogP contribution in [0.25, 0.3) is 0 Å². The molecule has 0 fully saturated rings. The highest BCUT2D eigenvalue weighted by Crippen LogP contribution is 2.38. The maximum Gasteiger partial charge on any atom is 0.573 e. The molecule has 0 amide bonds. The van der Waals surface area contributed by atoms with Gasteiger partial charge in [0.05, 0.1) is 6.61 Å². The van der Waals surface area contributed by atoms with Gasteiger partial charge in [-0.15, -0.1) is 13.2 Å². The molecule has 1 aromatic rings. The van der Waals surface area contributed by atoms with Crippen molar-refractivity contribution in [3.63, 3.8) is 0 Å². The van der Waals surface area contributed by atoms with Gasteiger partial charge >= 0.3 is 6.36 Å². The molecule has 5 heteroatoms. The Balaban J connectivity index is 2.31. The molecule has 2 nitrogen and oxygen atoms in total. The Labute approximate surface area is 84.6 Å². The van der Waals surface area contributed by atoms with Gasteiger partial charge in [-0.3, -0.25) is 0 Å². The van der Waals surface area contributed by atoms with Gasteiger partial charge in [0.15, 0.2) is 11.5 Å². The minimum atomic E-state index is -4.68. The van der Waals surface area contributed by atoms with Crippen molar-refractivity contribution in [1.82, 2.24) is 0 Å². The summed E-state index contributed by atoms with van der Waals surface area (Å²) >= 11 is 0. The Bertz CT molecular complexity index is 360. The first-order valence-corrected chi connectivity index (χ1v) is 4.41. The van der Waals surface area contributed by atoms with Gasteiger partial charge in [0.25, 0.3) is 0 Å². The largest absolute Gasteiger partial charge is 0.573 e. The standard InChI is InChI=1S/C10H8F3O2/c11-10(12,13)15-8-5-1-3-7-4-2-6-14-9(7)8/h1,3-5H,2,6H2. The van der Waals surface area contributed by atoms with Crippen molar-refractivity contribution in [3.05, 3.63) is 30.2 Å². The molecule has 1 heterocycles. The van der Waals surface area contributed by atoms with Gasteiger partial charge in [0.1, 0.15) is 0 Å². The Kier molecular flexibility index (Phi) is 2.46. The minimum absolute atomic E-state index is 0.168. The quantitative estimate of drug-likeness (QED) is 0.720. The van der Waals surface area contributed by atoms with E-state index < -0.39 is 6.36 Å². The maximum absolute atomic E-state index is 12.0. The van der Waals surface area contributed by atoms with Crippen molar-refractivity contribution >= 4 is 0 Å². The van der Waals surface area contributed by atoms with Crippen molar-refractivity contribution in [2.24, 2.45) is 0 Å². The summed E-state index contributed by atoms with van der Waals surface area (Å²) in [5.74, 6) is -0.114. The second-order valence-corrected chi connectivity index (χ2v) is 3.06. The Hall–Kier alpha value is -1.39. The summed E-state index contributed by atoms with van der Waals surface area (Å²) in [5, 5.41) is 0. The van der Waals surface area contributed by atoms with Gasteiger partial charge in [0.2, 0.25) is 0 Å². The average Bonchev–Trinajstić information content (AvgIpc) is 2.16. The molecule has 0 N–H and O–H groups in total. The van der Waals surface area contributed by atoms with Crippen LogP contribution in [0.4, 0.5) is 13.2 Å². The lowest BCUT2D eigenvalue weighted by Gasteiger charge is -2.20. The van der Waals surface area contributed by atoms with Crippen LogP contribution in [-0.4, -0.2) is 13.0 Å². The zero-order valence-corrected chi connectivity index (χ0v) is 7.67. The Morgan fingerprint density at radius 2 is 2.07 bits per heavy atom. The number of alkyl halides is 3. The zero-order chi connectivity index (χ0) is 10.9. The molecular formula is C10H8F3O2. The second kappa shape index (κ2) is 3.64. The lowest BCUT2D eigenvalue weighted by atomic mass is 10.1. The van der Waals surface area contributed by atoms with E-state index in [1.54, 1.807) is 6.07 Å². The molecule has 1 radical (unpaired) electrons. The molecule has 0 aliphatic carbocycles. The lowest BCUT2D eigenvalue weighted by Crippen LogP contribution is -2.19. The number of hydrogen-bond donors (Lipinski definition) is 0. The van der Waals surface area contributed by atoms with E-state index >= 15 is 0 Å². The van der Waals surface area contributed by atoms with Crippen LogP contribution in [0.2, 0.25) is 0 Å². The third-order valence-corrected chi connectivity index (χ3v) is 1.96. The van der Waals surface area contributed by atoms with Crippen molar-refractivity contribution in [3.8, 4) is 11.5 Å². The van der Waals surface area contributed by atoms with E-state index in [9.17, 15) is 13.2 Å². The first-order valence-electron chi connectivity index (χ1n) is 4.41. The third kappa shape index (κ3) is 2.34. The summed E-state index contributed by atoms with van der Waals surface area (Å²) in [7, 11) is 0. The zero-order valence-electron chi connectivity index (χ0n) is 7.67. The van der Waals surface area contributed by atoms with Gasteiger partial charge < -0.3 is 9.47 Å². The number of fused-ring (bicyclic) bond motifs is 1. The van der Waals surface area contributed by atoms with Crippen LogP contribution >= 0.6 is 0 Å². The number of halogens is 3. The number of hydrogen-bond acceptors (Lipinski definition) is 2. The van der Waals surface area contributed by atoms with Crippen LogP contribution in [0, 0.1) is 6.42 Å². The maximum atomic E-state index is 12.0. The van der Waals surface area contributed by atoms with Crippen LogP contribution in [0.15, 0.2) is 18.2 Å². The lowest BCUT2D eigenvalue weighted by molar-refractivity contribution is -0.275. The smallest absolute Gasteiger partial charge is 0.489 e. The summed E-state index contributed by atoms with van der Waals surface area (Å²) < 4.78 is 45.1. The first-order chi connectivity index (χ1) is 7.06. The van der Waals surface area contributed by atoms with E-state index in [1.165, 1.54) is 12.1 Å². The third-order valence-electron chi connectivity index (χ3n) is 1.96. The van der Waals surface area contributed by atoms with E-state index in [-0.39, 0.29) is 11.5 Å². The molecule has 0 saturated carbocycles. The first kappa shape index (κ1) is 10.1. The fourth-order valence-corrected chi connectivity index (χ4v) is 1.43. The molecule has 0 atom stereocenters. The predicted octanol–water partition coefficient (Wildman–Crippen LogP) is 2.92. The topological polar surface area (TPSA) is 18.5 Å². The van der Waals surface area contributed by atoms with Gasteiger partial charge in [-0.25, -0.2) is 0 Å². The van der Waals surface area contributed by atoms with E-state index in [4.69, 9.17) is 4.74 Å². The van der Waals surface area contributed by atoms with E-state index in [1.807, 2.05) is 6.42 Å². The van der Waals surface area contributed by atoms with Gasteiger partial charge in [0, 0.05) is 5.56 Å². The van der Waals surface area contributed by atoms with Crippen LogP contribution in [-0.2, 0) is 0 Å². The molecule has 15 heavy (non-hydrogen) atoms. The average molecular weight is 217 g/mol. The highest BCUT2D eigenvalue weighted by molar-refractivity contribution is 5.50. The second-order valence-electron chi connectivity index (χ2n) is 3.06. The summed E-state index contributed by atoms with van der Waals surface area (Å²) in [6.07, 6.45) is -2.17. The van der Waals surface area contributed by atoms with E-state index in [0.717, 1.165) is 0 Å². The van der Waals surface area contributed by atoms with Crippen molar-refractivity contribution < 1.29 is 22.6 Å². The predicted molar refractivity (Wildman–Crippen MR) is 46.6 cm³/mol. The minimum Gasteiger partial charge on any atom is -0.489 e. The highest BCUT2D eigenvalue weighted by Gasteiger charge is 2.33. The fraction of sp³-hybridized carbons (Fsp3) is 0.300. The number of ether oxygens (including phenoxy) is 2. The van der Waals surface area contributed by atoms with E-state index in [2.05, 4.69) is 4.74 Å². The molecule has 0 saturated heterocycles. The highest BCUT2D eigenvalue weighted by atomic mass is 19.4. The molecule has 81 valence electrons. The number of benzene rings is 1. The Morgan fingerprint density at radius 3 is 2.80 bits per heavy atom. The normalized spacial score (nSPS) is 15.4. The summed E-state index contributed by atoms with van der Waals surface area (Å²) in [5.41, 5.74) is 0.642. The van der Waals surface area contributed by atoms with Crippen LogP contribution in [0.3, 0.4) is 0 Å². The van der Waals surface area contributed by atoms with Crippen LogP contribution in [0.5, 0.6) is 11.5 Å². The summed E-state index contributed by atoms with van der Waals surface area (Å²) in [6.45, 7) is 0.380. The summed E-state index contributed by atoms with van der Waals surface area (Å²) in [4.78, 5) is 0. The van der Waals surface area contributed by atoms with Gasteiger partial charge in [-0.1, -0.05) is 12.1 Å². The molecule has 2 rings (SSSR count). The molecule has 1 aromatic carbocycles. The molecule has 0 spiro atoms. The van der Waals surface area contributed by atoms with Crippen molar-refractivity contribution in [2.75, 3.05) is 6.61 Å². The Morgan fingerprint density at radius 1 is 1.27 bits per heavy atom. The van der Waals surface area contributed by atoms with Crippen molar-refractivity contribution in [2.45, 2.75) is 12.8 Å². The molecule has 0 unspecified atom stereocenters. The van der Waals surface area contributed by atoms with Crippen LogP contribution < -0.4 is 9.47 Å². The number of rotatable bonds is 1. The molecule has 0 bridgehead atoms. The molecule has 1 aliphatic rings. The molecular weight excluding hydrogens is 209 g/mol. The molecule has 0 aromatic heterocycles. The van der Waals surface area contributed by atoms with Crippen molar-refractivity contribution in [1.29, 1.82) is 0 Å². The monoisotopic (exact) mass is 217 g/mol. The molecule has 1 aliphatic heterocycles. The summed E-state index contributed by atoms with van der Waals surface area (Å²) in [6, 6.07) is 4.44. The van der Waals surface area contributed by atoms with Gasteiger partial charge in [-0.05, 0) is 18.9 Å². The SMILES string of the molecule is FC(F)(F)Oc1cccc2c1OCC[CH]2. The number of para-hydroxylation sites is 1.